The van der Waals surface area contributed by atoms with Crippen LogP contribution in [-0.4, -0.2) is 41.1 Å². The molecule has 144 valence electrons. The van der Waals surface area contributed by atoms with Gasteiger partial charge in [-0.05, 0) is 30.7 Å². The van der Waals surface area contributed by atoms with Gasteiger partial charge in [0.2, 0.25) is 11.8 Å². The zero-order valence-electron chi connectivity index (χ0n) is 15.3. The maximum atomic E-state index is 12.1. The number of amides is 1. The molecular formula is C20H19N3O4S. The number of nitrogens with one attached hydrogen (secondary N) is 1. The van der Waals surface area contributed by atoms with Gasteiger partial charge in [0.05, 0.1) is 12.3 Å². The molecule has 0 bridgehead atoms. The van der Waals surface area contributed by atoms with Gasteiger partial charge in [-0.25, -0.2) is 0 Å². The Morgan fingerprint density at radius 2 is 1.93 bits per heavy atom. The molecule has 1 amide bonds. The van der Waals surface area contributed by atoms with Crippen molar-refractivity contribution in [2.75, 3.05) is 18.9 Å². The molecule has 0 spiro atoms. The number of carbonyl (C=O) groups excluding carboxylic acids is 1. The lowest BCUT2D eigenvalue weighted by Gasteiger charge is -2.26. The van der Waals surface area contributed by atoms with Gasteiger partial charge in [0.15, 0.2) is 11.5 Å². The number of para-hydroxylation sites is 2. The average molecular weight is 397 g/mol. The SMILES string of the molecule is Cc1ccccc1-c1nnc(SCC(=O)NC[C@@H]2COc3ccccc3O2)o1. The summed E-state index contributed by atoms with van der Waals surface area (Å²) in [6.45, 7) is 2.75. The van der Waals surface area contributed by atoms with Crippen molar-refractivity contribution in [3.8, 4) is 23.0 Å². The number of hydrogen-bond donors (Lipinski definition) is 1. The minimum atomic E-state index is -0.222. The summed E-state index contributed by atoms with van der Waals surface area (Å²) in [6, 6.07) is 15.3. The van der Waals surface area contributed by atoms with Gasteiger partial charge in [-0.1, -0.05) is 42.1 Å². The lowest BCUT2D eigenvalue weighted by atomic mass is 10.1. The van der Waals surface area contributed by atoms with Crippen LogP contribution in [0.5, 0.6) is 11.5 Å². The highest BCUT2D eigenvalue weighted by Gasteiger charge is 2.21. The molecule has 0 saturated heterocycles. The number of aryl methyl sites for hydroxylation is 1. The fourth-order valence-corrected chi connectivity index (χ4v) is 3.35. The minimum absolute atomic E-state index is 0.136. The predicted octanol–water partition coefficient (Wildman–Crippen LogP) is 3.09. The summed E-state index contributed by atoms with van der Waals surface area (Å²) in [6.07, 6.45) is -0.222. The van der Waals surface area contributed by atoms with Crippen molar-refractivity contribution >= 4 is 17.7 Å². The maximum absolute atomic E-state index is 12.1. The van der Waals surface area contributed by atoms with Crippen LogP contribution in [0.1, 0.15) is 5.56 Å². The van der Waals surface area contributed by atoms with Crippen molar-refractivity contribution in [3.63, 3.8) is 0 Å². The molecule has 0 unspecified atom stereocenters. The monoisotopic (exact) mass is 397 g/mol. The Labute approximate surface area is 166 Å². The summed E-state index contributed by atoms with van der Waals surface area (Å²) in [5.41, 5.74) is 1.94. The number of aromatic nitrogens is 2. The van der Waals surface area contributed by atoms with Gasteiger partial charge < -0.3 is 19.2 Å². The standard InChI is InChI=1S/C20H19N3O4S/c1-13-6-2-3-7-15(13)19-22-23-20(27-19)28-12-18(24)21-10-14-11-25-16-8-4-5-9-17(16)26-14/h2-9,14H,10-12H2,1H3,(H,21,24)/t14-/m1/s1. The number of ether oxygens (including phenoxy) is 2. The third-order valence-electron chi connectivity index (χ3n) is 4.20. The van der Waals surface area contributed by atoms with Gasteiger partial charge in [-0.15, -0.1) is 10.2 Å². The number of fused-ring (bicyclic) bond motifs is 1. The van der Waals surface area contributed by atoms with Crippen LogP contribution >= 0.6 is 11.8 Å². The fraction of sp³-hybridized carbons (Fsp3) is 0.250. The van der Waals surface area contributed by atoms with Crippen molar-refractivity contribution in [3.05, 3.63) is 54.1 Å². The van der Waals surface area contributed by atoms with Crippen LogP contribution in [-0.2, 0) is 4.79 Å². The average Bonchev–Trinajstić information content (AvgIpc) is 3.19. The predicted molar refractivity (Wildman–Crippen MR) is 105 cm³/mol. The Balaban J connectivity index is 1.25. The largest absolute Gasteiger partial charge is 0.486 e. The molecule has 3 aromatic rings. The molecule has 7 nitrogen and oxygen atoms in total. The van der Waals surface area contributed by atoms with E-state index in [1.807, 2.05) is 55.5 Å². The Morgan fingerprint density at radius 3 is 2.79 bits per heavy atom. The van der Waals surface area contributed by atoms with Crippen molar-refractivity contribution in [2.24, 2.45) is 0 Å². The van der Waals surface area contributed by atoms with Gasteiger partial charge >= 0.3 is 0 Å². The van der Waals surface area contributed by atoms with E-state index in [0.717, 1.165) is 16.9 Å². The molecule has 28 heavy (non-hydrogen) atoms. The molecule has 4 rings (SSSR count). The van der Waals surface area contributed by atoms with Crippen LogP contribution in [0.3, 0.4) is 0 Å². The van der Waals surface area contributed by atoms with Crippen LogP contribution in [0.25, 0.3) is 11.5 Å². The summed E-state index contributed by atoms with van der Waals surface area (Å²) >= 11 is 1.20. The lowest BCUT2D eigenvalue weighted by molar-refractivity contribution is -0.119. The second kappa shape index (κ2) is 8.35. The zero-order valence-corrected chi connectivity index (χ0v) is 16.1. The van der Waals surface area contributed by atoms with E-state index in [0.29, 0.717) is 30.0 Å². The molecule has 0 aliphatic carbocycles. The number of carbonyl (C=O) groups is 1. The summed E-state index contributed by atoms with van der Waals surface area (Å²) in [4.78, 5) is 12.1. The minimum Gasteiger partial charge on any atom is -0.486 e. The maximum Gasteiger partial charge on any atom is 0.277 e. The van der Waals surface area contributed by atoms with Crippen molar-refractivity contribution in [2.45, 2.75) is 18.3 Å². The summed E-state index contributed by atoms with van der Waals surface area (Å²) in [7, 11) is 0. The van der Waals surface area contributed by atoms with E-state index < -0.39 is 0 Å². The van der Waals surface area contributed by atoms with E-state index in [9.17, 15) is 4.79 Å². The Kier molecular flexibility index (Phi) is 5.48. The smallest absolute Gasteiger partial charge is 0.277 e. The quantitative estimate of drug-likeness (QED) is 0.640. The molecule has 1 aromatic heterocycles. The van der Waals surface area contributed by atoms with E-state index in [1.54, 1.807) is 0 Å². The Morgan fingerprint density at radius 1 is 1.14 bits per heavy atom. The first-order valence-corrected chi connectivity index (χ1v) is 9.85. The summed E-state index contributed by atoms with van der Waals surface area (Å²) < 4.78 is 17.1. The number of thioether (sulfide) groups is 1. The van der Waals surface area contributed by atoms with Gasteiger partial charge in [-0.2, -0.15) is 0 Å². The highest BCUT2D eigenvalue weighted by Crippen LogP contribution is 2.30. The molecule has 0 fully saturated rings. The lowest BCUT2D eigenvalue weighted by Crippen LogP contribution is -2.41. The fourth-order valence-electron chi connectivity index (χ4n) is 2.76. The highest BCUT2D eigenvalue weighted by atomic mass is 32.2. The number of benzene rings is 2. The first-order valence-electron chi connectivity index (χ1n) is 8.86. The normalized spacial score (nSPS) is 15.2. The topological polar surface area (TPSA) is 86.5 Å². The van der Waals surface area contributed by atoms with E-state index in [-0.39, 0.29) is 17.8 Å². The van der Waals surface area contributed by atoms with Gasteiger partial charge in [0.25, 0.3) is 5.22 Å². The second-order valence-electron chi connectivity index (χ2n) is 6.28. The summed E-state index contributed by atoms with van der Waals surface area (Å²) in [5.74, 6) is 1.91. The molecule has 1 N–H and O–H groups in total. The number of nitrogens with zero attached hydrogens (tertiary/aromatic N) is 2. The molecule has 8 heteroatoms. The van der Waals surface area contributed by atoms with E-state index in [4.69, 9.17) is 13.9 Å². The summed E-state index contributed by atoms with van der Waals surface area (Å²) in [5, 5.41) is 11.3. The van der Waals surface area contributed by atoms with Crippen molar-refractivity contribution in [1.29, 1.82) is 0 Å². The van der Waals surface area contributed by atoms with Crippen LogP contribution in [0.15, 0.2) is 58.2 Å². The first kappa shape index (κ1) is 18.4. The number of rotatable bonds is 6. The molecular weight excluding hydrogens is 378 g/mol. The van der Waals surface area contributed by atoms with Crippen LogP contribution in [0, 0.1) is 6.92 Å². The van der Waals surface area contributed by atoms with E-state index in [1.165, 1.54) is 11.8 Å². The first-order chi connectivity index (χ1) is 13.7. The second-order valence-corrected chi connectivity index (χ2v) is 7.20. The molecule has 1 atom stereocenters. The molecule has 1 aliphatic heterocycles. The molecule has 1 aliphatic rings. The van der Waals surface area contributed by atoms with Crippen LogP contribution in [0.4, 0.5) is 0 Å². The van der Waals surface area contributed by atoms with Crippen LogP contribution in [0.2, 0.25) is 0 Å². The third-order valence-corrected chi connectivity index (χ3v) is 5.02. The van der Waals surface area contributed by atoms with Gasteiger partial charge in [0, 0.05) is 5.56 Å². The van der Waals surface area contributed by atoms with Crippen LogP contribution < -0.4 is 14.8 Å². The molecule has 2 aromatic carbocycles. The van der Waals surface area contributed by atoms with E-state index in [2.05, 4.69) is 15.5 Å². The molecule has 2 heterocycles. The Hall–Kier alpha value is -3.00. The Bertz CT molecular complexity index is 975. The molecule has 0 saturated carbocycles. The van der Waals surface area contributed by atoms with Gasteiger partial charge in [-0.3, -0.25) is 4.79 Å². The third kappa shape index (κ3) is 4.28. The van der Waals surface area contributed by atoms with E-state index >= 15 is 0 Å². The zero-order chi connectivity index (χ0) is 19.3. The van der Waals surface area contributed by atoms with Crippen molar-refractivity contribution < 1.29 is 18.7 Å². The molecule has 0 radical (unpaired) electrons. The van der Waals surface area contributed by atoms with Gasteiger partial charge in [0.1, 0.15) is 12.7 Å². The van der Waals surface area contributed by atoms with Crippen molar-refractivity contribution in [1.82, 2.24) is 15.5 Å². The highest BCUT2D eigenvalue weighted by molar-refractivity contribution is 7.99. The number of hydrogen-bond acceptors (Lipinski definition) is 7.